The highest BCUT2D eigenvalue weighted by molar-refractivity contribution is 5.93. The molecule has 0 radical (unpaired) electrons. The van der Waals surface area contributed by atoms with Crippen LogP contribution in [0.4, 0.5) is 0 Å². The van der Waals surface area contributed by atoms with E-state index >= 15 is 0 Å². The number of esters is 1. The van der Waals surface area contributed by atoms with Crippen LogP contribution >= 0.6 is 0 Å². The number of hydrogen-bond acceptors (Lipinski definition) is 4. The van der Waals surface area contributed by atoms with E-state index in [1.807, 2.05) is 30.5 Å². The number of aromatic nitrogens is 1. The van der Waals surface area contributed by atoms with Gasteiger partial charge in [0, 0.05) is 17.4 Å². The molecule has 6 nitrogen and oxygen atoms in total. The first-order chi connectivity index (χ1) is 13.5. The highest BCUT2D eigenvalue weighted by Crippen LogP contribution is 2.20. The Kier molecular flexibility index (Phi) is 6.60. The van der Waals surface area contributed by atoms with Gasteiger partial charge in [0.25, 0.3) is 5.91 Å². The van der Waals surface area contributed by atoms with Crippen molar-refractivity contribution in [2.75, 3.05) is 0 Å². The Bertz CT molecular complexity index is 799. The third-order valence-corrected chi connectivity index (χ3v) is 5.54. The van der Waals surface area contributed by atoms with Crippen LogP contribution in [-0.2, 0) is 16.1 Å². The molecule has 28 heavy (non-hydrogen) atoms. The number of carbonyl (C=O) groups is 2. The first kappa shape index (κ1) is 20.2. The second-order valence-electron chi connectivity index (χ2n) is 7.69. The molecule has 3 rings (SSSR count). The van der Waals surface area contributed by atoms with Crippen molar-refractivity contribution < 1.29 is 18.7 Å². The zero-order chi connectivity index (χ0) is 20.1. The molecule has 0 unspecified atom stereocenters. The molecule has 0 saturated heterocycles. The van der Waals surface area contributed by atoms with Crippen molar-refractivity contribution in [1.29, 1.82) is 0 Å². The maximum absolute atomic E-state index is 12.7. The van der Waals surface area contributed by atoms with Gasteiger partial charge in [-0.15, -0.1) is 0 Å². The number of ether oxygens (including phenoxy) is 1. The molecule has 2 heterocycles. The van der Waals surface area contributed by atoms with Gasteiger partial charge < -0.3 is 19.0 Å². The Morgan fingerprint density at radius 3 is 2.61 bits per heavy atom. The van der Waals surface area contributed by atoms with Crippen molar-refractivity contribution in [3.8, 4) is 0 Å². The van der Waals surface area contributed by atoms with Gasteiger partial charge in [0.05, 0.1) is 18.4 Å². The summed E-state index contributed by atoms with van der Waals surface area (Å²) in [5, 5.41) is 3.04. The highest BCUT2D eigenvalue weighted by Gasteiger charge is 2.24. The van der Waals surface area contributed by atoms with E-state index in [1.54, 1.807) is 19.3 Å². The van der Waals surface area contributed by atoms with Gasteiger partial charge in [-0.1, -0.05) is 25.7 Å². The summed E-state index contributed by atoms with van der Waals surface area (Å²) < 4.78 is 12.9. The molecule has 1 aliphatic carbocycles. The third kappa shape index (κ3) is 4.86. The summed E-state index contributed by atoms with van der Waals surface area (Å²) in [6, 6.07) is 5.73. The number of hydrogen-bond donors (Lipinski definition) is 1. The van der Waals surface area contributed by atoms with Gasteiger partial charge in [-0.25, -0.2) is 4.79 Å². The van der Waals surface area contributed by atoms with Crippen molar-refractivity contribution in [3.05, 3.63) is 47.2 Å². The molecule has 0 aliphatic heterocycles. The van der Waals surface area contributed by atoms with Gasteiger partial charge in [-0.2, -0.15) is 0 Å². The second-order valence-corrected chi connectivity index (χ2v) is 7.69. The lowest BCUT2D eigenvalue weighted by Crippen LogP contribution is -2.41. The summed E-state index contributed by atoms with van der Waals surface area (Å²) in [4.78, 5) is 25.1. The van der Waals surface area contributed by atoms with Crippen LogP contribution in [0.2, 0.25) is 0 Å². The van der Waals surface area contributed by atoms with E-state index in [1.165, 1.54) is 12.8 Å². The number of amides is 1. The van der Waals surface area contributed by atoms with Gasteiger partial charge in [0.2, 0.25) is 0 Å². The molecule has 2 aromatic heterocycles. The maximum atomic E-state index is 12.7. The molecule has 1 aliphatic rings. The predicted molar refractivity (Wildman–Crippen MR) is 106 cm³/mol. The van der Waals surface area contributed by atoms with E-state index in [-0.39, 0.29) is 11.9 Å². The Hall–Kier alpha value is -2.50. The first-order valence-electron chi connectivity index (χ1n) is 10.2. The fraction of sp³-hybridized carbons (Fsp3) is 0.545. The van der Waals surface area contributed by atoms with E-state index in [0.29, 0.717) is 12.1 Å². The molecule has 2 aromatic rings. The maximum Gasteiger partial charge on any atom is 0.340 e. The molecule has 0 bridgehead atoms. The van der Waals surface area contributed by atoms with Gasteiger partial charge >= 0.3 is 5.97 Å². The molecule has 1 N–H and O–H groups in total. The van der Waals surface area contributed by atoms with Crippen molar-refractivity contribution in [2.45, 2.75) is 78.0 Å². The summed E-state index contributed by atoms with van der Waals surface area (Å²) in [5.41, 5.74) is 2.23. The number of nitrogens with one attached hydrogen (secondary N) is 1. The Morgan fingerprint density at radius 1 is 1.25 bits per heavy atom. The average molecular weight is 386 g/mol. The molecule has 1 fully saturated rings. The standard InChI is InChI=1S/C22H30N2O4/c1-15-13-20(16(2)24(15)14-19-11-8-12-27-19)22(26)28-17(3)21(25)23-18-9-6-4-5-7-10-18/h8,11-13,17-18H,4-7,9-10,14H2,1-3H3,(H,23,25)/t17-/m0/s1. The molecule has 0 spiro atoms. The van der Waals surface area contributed by atoms with Gasteiger partial charge in [0.15, 0.2) is 6.10 Å². The molecule has 1 saturated carbocycles. The molecule has 1 amide bonds. The van der Waals surface area contributed by atoms with E-state index < -0.39 is 12.1 Å². The first-order valence-corrected chi connectivity index (χ1v) is 10.2. The molecular weight excluding hydrogens is 356 g/mol. The molecular formula is C22H30N2O4. The minimum Gasteiger partial charge on any atom is -0.467 e. The zero-order valence-corrected chi connectivity index (χ0v) is 17.0. The Labute approximate surface area is 166 Å². The average Bonchev–Trinajstić information content (AvgIpc) is 3.18. The summed E-state index contributed by atoms with van der Waals surface area (Å²) in [5.74, 6) is 0.129. The van der Waals surface area contributed by atoms with Crippen LogP contribution in [0.15, 0.2) is 28.9 Å². The molecule has 0 aromatic carbocycles. The van der Waals surface area contributed by atoms with Crippen LogP contribution in [0.5, 0.6) is 0 Å². The van der Waals surface area contributed by atoms with Crippen LogP contribution in [0.1, 0.15) is 73.0 Å². The Morgan fingerprint density at radius 2 is 1.96 bits per heavy atom. The quantitative estimate of drug-likeness (QED) is 0.598. The van der Waals surface area contributed by atoms with Crippen LogP contribution in [0.3, 0.4) is 0 Å². The minimum atomic E-state index is -0.816. The van der Waals surface area contributed by atoms with Crippen molar-refractivity contribution >= 4 is 11.9 Å². The van der Waals surface area contributed by atoms with Crippen molar-refractivity contribution in [2.24, 2.45) is 0 Å². The van der Waals surface area contributed by atoms with Crippen LogP contribution in [0.25, 0.3) is 0 Å². The molecule has 152 valence electrons. The van der Waals surface area contributed by atoms with E-state index in [9.17, 15) is 9.59 Å². The fourth-order valence-corrected chi connectivity index (χ4v) is 3.83. The van der Waals surface area contributed by atoms with Crippen molar-refractivity contribution in [1.82, 2.24) is 9.88 Å². The smallest absolute Gasteiger partial charge is 0.340 e. The largest absolute Gasteiger partial charge is 0.467 e. The second kappa shape index (κ2) is 9.13. The van der Waals surface area contributed by atoms with Crippen LogP contribution in [0, 0.1) is 13.8 Å². The SMILES string of the molecule is Cc1cc(C(=O)O[C@@H](C)C(=O)NC2CCCCCC2)c(C)n1Cc1ccco1. The number of nitrogens with zero attached hydrogens (tertiary/aromatic N) is 1. The molecule has 6 heteroatoms. The van der Waals surface area contributed by atoms with Crippen LogP contribution in [-0.4, -0.2) is 28.6 Å². The van der Waals surface area contributed by atoms with Crippen molar-refractivity contribution in [3.63, 3.8) is 0 Å². The van der Waals surface area contributed by atoms with E-state index in [2.05, 4.69) is 5.32 Å². The predicted octanol–water partition coefficient (Wildman–Crippen LogP) is 4.13. The monoisotopic (exact) mass is 386 g/mol. The third-order valence-electron chi connectivity index (χ3n) is 5.54. The summed E-state index contributed by atoms with van der Waals surface area (Å²) in [7, 11) is 0. The highest BCUT2D eigenvalue weighted by atomic mass is 16.5. The normalized spacial score (nSPS) is 16.4. The number of rotatable bonds is 6. The van der Waals surface area contributed by atoms with Gasteiger partial charge in [-0.05, 0) is 51.8 Å². The van der Waals surface area contributed by atoms with E-state index in [4.69, 9.17) is 9.15 Å². The fourth-order valence-electron chi connectivity index (χ4n) is 3.83. The number of carbonyl (C=O) groups excluding carboxylic acids is 2. The lowest BCUT2D eigenvalue weighted by Gasteiger charge is -2.19. The lowest BCUT2D eigenvalue weighted by atomic mass is 10.1. The van der Waals surface area contributed by atoms with E-state index in [0.717, 1.165) is 42.8 Å². The number of aryl methyl sites for hydroxylation is 1. The number of furan rings is 1. The lowest BCUT2D eigenvalue weighted by molar-refractivity contribution is -0.129. The summed E-state index contributed by atoms with van der Waals surface area (Å²) in [6.07, 6.45) is 7.55. The Balaban J connectivity index is 1.61. The zero-order valence-electron chi connectivity index (χ0n) is 17.0. The van der Waals surface area contributed by atoms with Crippen LogP contribution < -0.4 is 5.32 Å². The topological polar surface area (TPSA) is 73.5 Å². The summed E-state index contributed by atoms with van der Waals surface area (Å²) in [6.45, 7) is 6.00. The minimum absolute atomic E-state index is 0.189. The van der Waals surface area contributed by atoms with Gasteiger partial charge in [0.1, 0.15) is 5.76 Å². The summed E-state index contributed by atoms with van der Waals surface area (Å²) >= 11 is 0. The molecule has 1 atom stereocenters. The van der Waals surface area contributed by atoms with Gasteiger partial charge in [-0.3, -0.25) is 4.79 Å².